The molecule has 2 rings (SSSR count). The molecule has 106 valence electrons. The van der Waals surface area contributed by atoms with Crippen molar-refractivity contribution in [1.82, 2.24) is 4.98 Å². The van der Waals surface area contributed by atoms with Crippen molar-refractivity contribution in [2.45, 2.75) is 13.0 Å². The number of ether oxygens (including phenoxy) is 1. The number of aromatic nitrogens is 1. The molecule has 0 spiro atoms. The molecule has 0 unspecified atom stereocenters. The molecule has 2 atom stereocenters. The van der Waals surface area contributed by atoms with E-state index in [1.165, 1.54) is 0 Å². The van der Waals surface area contributed by atoms with Crippen LogP contribution in [0.4, 0.5) is 5.69 Å². The van der Waals surface area contributed by atoms with Crippen molar-refractivity contribution >= 4 is 5.69 Å². The average molecular weight is 272 g/mol. The predicted octanol–water partition coefficient (Wildman–Crippen LogP) is 2.87. The van der Waals surface area contributed by atoms with Crippen molar-refractivity contribution in [2.24, 2.45) is 5.92 Å². The molecule has 0 bridgehead atoms. The van der Waals surface area contributed by atoms with E-state index in [0.29, 0.717) is 0 Å². The van der Waals surface area contributed by atoms with E-state index in [9.17, 15) is 5.11 Å². The minimum Gasteiger partial charge on any atom is -0.497 e. The number of hydrogen-bond donors (Lipinski definition) is 2. The van der Waals surface area contributed by atoms with Crippen LogP contribution in [0.2, 0.25) is 0 Å². The van der Waals surface area contributed by atoms with Crippen molar-refractivity contribution in [3.63, 3.8) is 0 Å². The molecular formula is C16H20N2O2. The van der Waals surface area contributed by atoms with Gasteiger partial charge < -0.3 is 15.2 Å². The quantitative estimate of drug-likeness (QED) is 0.849. The summed E-state index contributed by atoms with van der Waals surface area (Å²) in [5, 5.41) is 12.9. The Kier molecular flexibility index (Phi) is 4.96. The van der Waals surface area contributed by atoms with Crippen LogP contribution in [0, 0.1) is 5.92 Å². The summed E-state index contributed by atoms with van der Waals surface area (Å²) in [6, 6.07) is 11.7. The number of rotatable bonds is 6. The number of aliphatic hydroxyl groups is 1. The van der Waals surface area contributed by atoms with Gasteiger partial charge in [-0.25, -0.2) is 0 Å². The van der Waals surface area contributed by atoms with Gasteiger partial charge in [-0.1, -0.05) is 13.0 Å². The fraction of sp³-hybridized carbons (Fsp3) is 0.312. The molecule has 0 amide bonds. The number of methoxy groups -OCH3 is 1. The molecular weight excluding hydrogens is 252 g/mol. The number of hydrogen-bond acceptors (Lipinski definition) is 4. The van der Waals surface area contributed by atoms with Crippen LogP contribution in [0.3, 0.4) is 0 Å². The maximum Gasteiger partial charge on any atom is 0.119 e. The van der Waals surface area contributed by atoms with Crippen LogP contribution in [0.1, 0.15) is 18.5 Å². The Labute approximate surface area is 119 Å². The SMILES string of the molecule is COc1ccc(N[C@H](c2cccnc2)[C@H](C)CO)cc1. The number of nitrogens with one attached hydrogen (secondary N) is 1. The normalized spacial score (nSPS) is 13.6. The zero-order valence-electron chi connectivity index (χ0n) is 11.8. The molecule has 20 heavy (non-hydrogen) atoms. The topological polar surface area (TPSA) is 54.4 Å². The fourth-order valence-electron chi connectivity index (χ4n) is 2.09. The largest absolute Gasteiger partial charge is 0.497 e. The van der Waals surface area contributed by atoms with Gasteiger partial charge in [-0.3, -0.25) is 4.98 Å². The summed E-state index contributed by atoms with van der Waals surface area (Å²) in [7, 11) is 1.65. The first kappa shape index (κ1) is 14.3. The molecule has 1 heterocycles. The molecule has 0 saturated heterocycles. The van der Waals surface area contributed by atoms with E-state index in [1.54, 1.807) is 13.3 Å². The van der Waals surface area contributed by atoms with E-state index in [0.717, 1.165) is 17.0 Å². The predicted molar refractivity (Wildman–Crippen MR) is 79.8 cm³/mol. The van der Waals surface area contributed by atoms with Gasteiger partial charge in [0.1, 0.15) is 5.75 Å². The highest BCUT2D eigenvalue weighted by Gasteiger charge is 2.18. The molecule has 4 heteroatoms. The number of aliphatic hydroxyl groups excluding tert-OH is 1. The van der Waals surface area contributed by atoms with Crippen LogP contribution in [0.15, 0.2) is 48.8 Å². The van der Waals surface area contributed by atoms with Gasteiger partial charge in [-0.05, 0) is 35.9 Å². The van der Waals surface area contributed by atoms with Crippen LogP contribution < -0.4 is 10.1 Å². The lowest BCUT2D eigenvalue weighted by atomic mass is 9.96. The standard InChI is InChI=1S/C16H20N2O2/c1-12(11-19)16(13-4-3-9-17-10-13)18-14-5-7-15(20-2)8-6-14/h3-10,12,16,18-19H,11H2,1-2H3/t12-,16+/m1/s1. The van der Waals surface area contributed by atoms with Crippen LogP contribution in [-0.4, -0.2) is 23.8 Å². The van der Waals surface area contributed by atoms with Gasteiger partial charge in [0.15, 0.2) is 0 Å². The summed E-state index contributed by atoms with van der Waals surface area (Å²) in [4.78, 5) is 4.15. The minimum atomic E-state index is 0.0158. The highest BCUT2D eigenvalue weighted by Crippen LogP contribution is 2.27. The van der Waals surface area contributed by atoms with E-state index >= 15 is 0 Å². The van der Waals surface area contributed by atoms with E-state index in [2.05, 4.69) is 10.3 Å². The third-order valence-electron chi connectivity index (χ3n) is 3.31. The summed E-state index contributed by atoms with van der Waals surface area (Å²) in [5.41, 5.74) is 2.05. The van der Waals surface area contributed by atoms with Gasteiger partial charge in [0.25, 0.3) is 0 Å². The highest BCUT2D eigenvalue weighted by molar-refractivity contribution is 5.48. The second-order valence-corrected chi connectivity index (χ2v) is 4.80. The number of anilines is 1. The van der Waals surface area contributed by atoms with Crippen LogP contribution in [0.25, 0.3) is 0 Å². The third kappa shape index (κ3) is 3.48. The maximum atomic E-state index is 9.45. The molecule has 0 fully saturated rings. The summed E-state index contributed by atoms with van der Waals surface area (Å²) in [6.45, 7) is 2.12. The molecule has 2 aromatic rings. The van der Waals surface area contributed by atoms with Crippen LogP contribution in [-0.2, 0) is 0 Å². The van der Waals surface area contributed by atoms with Crippen molar-refractivity contribution in [2.75, 3.05) is 19.0 Å². The molecule has 2 N–H and O–H groups in total. The lowest BCUT2D eigenvalue weighted by Gasteiger charge is -2.25. The van der Waals surface area contributed by atoms with Crippen LogP contribution >= 0.6 is 0 Å². The Morgan fingerprint density at radius 1 is 1.25 bits per heavy atom. The smallest absolute Gasteiger partial charge is 0.119 e. The highest BCUT2D eigenvalue weighted by atomic mass is 16.5. The van der Waals surface area contributed by atoms with E-state index in [1.807, 2.05) is 49.5 Å². The Balaban J connectivity index is 2.19. The molecule has 0 aliphatic rings. The Morgan fingerprint density at radius 2 is 2.00 bits per heavy atom. The summed E-state index contributed by atoms with van der Waals surface area (Å²) in [5.74, 6) is 0.907. The molecule has 0 radical (unpaired) electrons. The maximum absolute atomic E-state index is 9.45. The van der Waals surface area contributed by atoms with Gasteiger partial charge in [-0.15, -0.1) is 0 Å². The van der Waals surface area contributed by atoms with E-state index < -0.39 is 0 Å². The zero-order valence-corrected chi connectivity index (χ0v) is 11.8. The lowest BCUT2D eigenvalue weighted by molar-refractivity contribution is 0.222. The average Bonchev–Trinajstić information content (AvgIpc) is 2.53. The first-order valence-corrected chi connectivity index (χ1v) is 6.66. The number of pyridine rings is 1. The summed E-state index contributed by atoms with van der Waals surface area (Å²) < 4.78 is 5.15. The molecule has 1 aromatic carbocycles. The monoisotopic (exact) mass is 272 g/mol. The lowest BCUT2D eigenvalue weighted by Crippen LogP contribution is -2.21. The molecule has 0 aliphatic carbocycles. The van der Waals surface area contributed by atoms with E-state index in [4.69, 9.17) is 4.74 Å². The summed E-state index contributed by atoms with van der Waals surface area (Å²) in [6.07, 6.45) is 3.57. The van der Waals surface area contributed by atoms with E-state index in [-0.39, 0.29) is 18.6 Å². The van der Waals surface area contributed by atoms with Crippen LogP contribution in [0.5, 0.6) is 5.75 Å². The van der Waals surface area contributed by atoms with Gasteiger partial charge in [0.05, 0.1) is 13.2 Å². The van der Waals surface area contributed by atoms with Gasteiger partial charge in [0, 0.05) is 30.6 Å². The Hall–Kier alpha value is -2.07. The fourth-order valence-corrected chi connectivity index (χ4v) is 2.09. The van der Waals surface area contributed by atoms with Crippen molar-refractivity contribution in [1.29, 1.82) is 0 Å². The molecule has 0 saturated carbocycles. The first-order chi connectivity index (χ1) is 9.74. The second-order valence-electron chi connectivity index (χ2n) is 4.80. The minimum absolute atomic E-state index is 0.0158. The second kappa shape index (κ2) is 6.91. The molecule has 4 nitrogen and oxygen atoms in total. The van der Waals surface area contributed by atoms with Crippen molar-refractivity contribution in [3.05, 3.63) is 54.4 Å². The number of nitrogens with zero attached hydrogens (tertiary/aromatic N) is 1. The summed E-state index contributed by atoms with van der Waals surface area (Å²) >= 11 is 0. The van der Waals surface area contributed by atoms with Gasteiger partial charge >= 0.3 is 0 Å². The molecule has 1 aromatic heterocycles. The zero-order chi connectivity index (χ0) is 14.4. The Morgan fingerprint density at radius 3 is 2.55 bits per heavy atom. The number of benzene rings is 1. The van der Waals surface area contributed by atoms with Crippen molar-refractivity contribution in [3.8, 4) is 5.75 Å². The van der Waals surface area contributed by atoms with Gasteiger partial charge in [0.2, 0.25) is 0 Å². The third-order valence-corrected chi connectivity index (χ3v) is 3.31. The Bertz CT molecular complexity index is 514. The molecule has 0 aliphatic heterocycles. The van der Waals surface area contributed by atoms with Crippen molar-refractivity contribution < 1.29 is 9.84 Å². The van der Waals surface area contributed by atoms with Gasteiger partial charge in [-0.2, -0.15) is 0 Å². The first-order valence-electron chi connectivity index (χ1n) is 6.66.